The topological polar surface area (TPSA) is 75.4 Å². The van der Waals surface area contributed by atoms with Crippen LogP contribution in [0.3, 0.4) is 0 Å². The molecule has 0 aliphatic carbocycles. The van der Waals surface area contributed by atoms with Crippen LogP contribution in [0.5, 0.6) is 0 Å². The Hall–Kier alpha value is -1.85. The van der Waals surface area contributed by atoms with Crippen molar-refractivity contribution in [2.45, 2.75) is 58.5 Å². The van der Waals surface area contributed by atoms with Crippen LogP contribution in [-0.2, 0) is 4.79 Å². The molecule has 1 N–H and O–H groups in total. The maximum absolute atomic E-state index is 12.6. The number of rotatable bonds is 5. The van der Waals surface area contributed by atoms with Crippen molar-refractivity contribution in [1.29, 1.82) is 0 Å². The molecular formula is C15H23N3O3. The minimum atomic E-state index is -0.925. The maximum atomic E-state index is 12.6. The lowest BCUT2D eigenvalue weighted by atomic mass is 10.1. The highest BCUT2D eigenvalue weighted by Gasteiger charge is 2.35. The van der Waals surface area contributed by atoms with Crippen LogP contribution in [0, 0.1) is 6.92 Å². The van der Waals surface area contributed by atoms with E-state index in [1.807, 2.05) is 11.6 Å². The van der Waals surface area contributed by atoms with Gasteiger partial charge in [-0.1, -0.05) is 13.8 Å². The standard InChI is InChI=1S/C15H23N3O3/c1-4-11(5-2)18-10(3)12(9-16-18)14(19)17-8-6-7-13(17)15(20)21/h9,11,13H,4-8H2,1-3H3,(H,20,21)/t13-/m1/s1. The van der Waals surface area contributed by atoms with E-state index in [0.717, 1.165) is 25.0 Å². The fraction of sp³-hybridized carbons (Fsp3) is 0.667. The molecule has 0 unspecified atom stereocenters. The lowest BCUT2D eigenvalue weighted by molar-refractivity contribution is -0.141. The first kappa shape index (κ1) is 15.5. The molecule has 1 amide bonds. The quantitative estimate of drug-likeness (QED) is 0.903. The summed E-state index contributed by atoms with van der Waals surface area (Å²) in [5.74, 6) is -1.14. The van der Waals surface area contributed by atoms with Gasteiger partial charge < -0.3 is 10.0 Å². The number of likely N-dealkylation sites (tertiary alicyclic amines) is 1. The molecule has 21 heavy (non-hydrogen) atoms. The second-order valence-electron chi connectivity index (χ2n) is 5.55. The van der Waals surface area contributed by atoms with E-state index >= 15 is 0 Å². The molecule has 1 aliphatic rings. The monoisotopic (exact) mass is 293 g/mol. The predicted molar refractivity (Wildman–Crippen MR) is 78.3 cm³/mol. The Kier molecular flexibility index (Phi) is 4.65. The minimum absolute atomic E-state index is 0.213. The van der Waals surface area contributed by atoms with Crippen LogP contribution >= 0.6 is 0 Å². The van der Waals surface area contributed by atoms with Crippen LogP contribution in [0.25, 0.3) is 0 Å². The fourth-order valence-corrected chi connectivity index (χ4v) is 3.06. The number of carbonyl (C=O) groups is 2. The molecular weight excluding hydrogens is 270 g/mol. The fourth-order valence-electron chi connectivity index (χ4n) is 3.06. The molecule has 0 bridgehead atoms. The Bertz CT molecular complexity index is 534. The number of nitrogens with zero attached hydrogens (tertiary/aromatic N) is 3. The number of hydrogen-bond acceptors (Lipinski definition) is 3. The second kappa shape index (κ2) is 6.28. The van der Waals surface area contributed by atoms with Crippen molar-refractivity contribution in [2.75, 3.05) is 6.54 Å². The number of hydrogen-bond donors (Lipinski definition) is 1. The van der Waals surface area contributed by atoms with Crippen LogP contribution < -0.4 is 0 Å². The average molecular weight is 293 g/mol. The van der Waals surface area contributed by atoms with Gasteiger partial charge in [-0.15, -0.1) is 0 Å². The summed E-state index contributed by atoms with van der Waals surface area (Å²) in [6, 6.07) is -0.422. The molecule has 6 heteroatoms. The molecule has 1 aromatic rings. The van der Waals surface area contributed by atoms with Gasteiger partial charge in [0.25, 0.3) is 5.91 Å². The van der Waals surface area contributed by atoms with E-state index in [-0.39, 0.29) is 11.9 Å². The third-order valence-electron chi connectivity index (χ3n) is 4.36. The van der Waals surface area contributed by atoms with Gasteiger partial charge in [-0.3, -0.25) is 9.48 Å². The lowest BCUT2D eigenvalue weighted by Gasteiger charge is -2.21. The van der Waals surface area contributed by atoms with Crippen molar-refractivity contribution < 1.29 is 14.7 Å². The van der Waals surface area contributed by atoms with Crippen molar-refractivity contribution in [3.63, 3.8) is 0 Å². The highest BCUT2D eigenvalue weighted by atomic mass is 16.4. The Balaban J connectivity index is 2.26. The number of aliphatic carboxylic acids is 1. The van der Waals surface area contributed by atoms with E-state index in [1.54, 1.807) is 6.20 Å². The number of carboxylic acid groups (broad SMARTS) is 1. The van der Waals surface area contributed by atoms with Crippen molar-refractivity contribution in [3.8, 4) is 0 Å². The van der Waals surface area contributed by atoms with Gasteiger partial charge in [-0.2, -0.15) is 5.10 Å². The van der Waals surface area contributed by atoms with Crippen LogP contribution in [0.4, 0.5) is 0 Å². The van der Waals surface area contributed by atoms with Crippen LogP contribution in [0.15, 0.2) is 6.20 Å². The molecule has 116 valence electrons. The Labute approximate surface area is 124 Å². The van der Waals surface area contributed by atoms with Crippen molar-refractivity contribution in [1.82, 2.24) is 14.7 Å². The molecule has 2 heterocycles. The smallest absolute Gasteiger partial charge is 0.326 e. The summed E-state index contributed by atoms with van der Waals surface area (Å²) in [6.07, 6.45) is 4.75. The van der Waals surface area contributed by atoms with Gasteiger partial charge in [-0.25, -0.2) is 4.79 Å². The summed E-state index contributed by atoms with van der Waals surface area (Å²) in [5.41, 5.74) is 1.35. The summed E-state index contributed by atoms with van der Waals surface area (Å²) < 4.78 is 1.89. The third kappa shape index (κ3) is 2.80. The Morgan fingerprint density at radius 1 is 1.43 bits per heavy atom. The molecule has 0 saturated carbocycles. The van der Waals surface area contributed by atoms with Crippen LogP contribution in [0.2, 0.25) is 0 Å². The Morgan fingerprint density at radius 2 is 2.10 bits per heavy atom. The molecule has 0 spiro atoms. The molecule has 1 aromatic heterocycles. The number of aromatic nitrogens is 2. The van der Waals surface area contributed by atoms with E-state index < -0.39 is 12.0 Å². The predicted octanol–water partition coefficient (Wildman–Crippen LogP) is 2.24. The number of carbonyl (C=O) groups excluding carboxylic acids is 1. The first-order chi connectivity index (χ1) is 10.0. The van der Waals surface area contributed by atoms with E-state index in [2.05, 4.69) is 18.9 Å². The zero-order chi connectivity index (χ0) is 15.6. The zero-order valence-electron chi connectivity index (χ0n) is 12.9. The SMILES string of the molecule is CCC(CC)n1ncc(C(=O)N2CCC[C@@H]2C(=O)O)c1C. The van der Waals surface area contributed by atoms with Gasteiger partial charge in [0.05, 0.1) is 17.8 Å². The zero-order valence-corrected chi connectivity index (χ0v) is 12.9. The van der Waals surface area contributed by atoms with Crippen molar-refractivity contribution >= 4 is 11.9 Å². The molecule has 0 aromatic carbocycles. The molecule has 1 atom stereocenters. The molecule has 2 rings (SSSR count). The molecule has 1 saturated heterocycles. The van der Waals surface area contributed by atoms with Crippen molar-refractivity contribution in [2.24, 2.45) is 0 Å². The van der Waals surface area contributed by atoms with Gasteiger partial charge in [0.2, 0.25) is 0 Å². The van der Waals surface area contributed by atoms with Gasteiger partial charge >= 0.3 is 5.97 Å². The first-order valence-corrected chi connectivity index (χ1v) is 7.59. The van der Waals surface area contributed by atoms with E-state index in [0.29, 0.717) is 18.5 Å². The molecule has 1 aliphatic heterocycles. The highest BCUT2D eigenvalue weighted by molar-refractivity contribution is 5.97. The summed E-state index contributed by atoms with van der Waals surface area (Å²) in [6.45, 7) is 6.57. The van der Waals surface area contributed by atoms with Crippen molar-refractivity contribution in [3.05, 3.63) is 17.5 Å². The average Bonchev–Trinajstić information content (AvgIpc) is 3.07. The summed E-state index contributed by atoms with van der Waals surface area (Å²) in [4.78, 5) is 25.3. The lowest BCUT2D eigenvalue weighted by Crippen LogP contribution is -2.40. The third-order valence-corrected chi connectivity index (χ3v) is 4.36. The largest absolute Gasteiger partial charge is 0.480 e. The Morgan fingerprint density at radius 3 is 2.67 bits per heavy atom. The normalized spacial score (nSPS) is 18.5. The summed E-state index contributed by atoms with van der Waals surface area (Å²) >= 11 is 0. The van der Waals surface area contributed by atoms with Crippen LogP contribution in [-0.4, -0.2) is 44.3 Å². The van der Waals surface area contributed by atoms with E-state index in [1.165, 1.54) is 4.90 Å². The minimum Gasteiger partial charge on any atom is -0.480 e. The number of carboxylic acids is 1. The van der Waals surface area contributed by atoms with Gasteiger partial charge in [-0.05, 0) is 32.6 Å². The number of amides is 1. The second-order valence-corrected chi connectivity index (χ2v) is 5.55. The summed E-state index contributed by atoms with van der Waals surface area (Å²) in [5, 5.41) is 13.5. The summed E-state index contributed by atoms with van der Waals surface area (Å²) in [7, 11) is 0. The molecule has 6 nitrogen and oxygen atoms in total. The first-order valence-electron chi connectivity index (χ1n) is 7.59. The van der Waals surface area contributed by atoms with Gasteiger partial charge in [0.15, 0.2) is 0 Å². The van der Waals surface area contributed by atoms with E-state index in [9.17, 15) is 14.7 Å². The van der Waals surface area contributed by atoms with Crippen LogP contribution in [0.1, 0.15) is 61.6 Å². The molecule has 0 radical (unpaired) electrons. The van der Waals surface area contributed by atoms with E-state index in [4.69, 9.17) is 0 Å². The maximum Gasteiger partial charge on any atom is 0.326 e. The highest BCUT2D eigenvalue weighted by Crippen LogP contribution is 2.24. The van der Waals surface area contributed by atoms with Gasteiger partial charge in [0, 0.05) is 12.2 Å². The van der Waals surface area contributed by atoms with Gasteiger partial charge in [0.1, 0.15) is 6.04 Å². The molecule has 1 fully saturated rings.